The Hall–Kier alpha value is -3.45. The van der Waals surface area contributed by atoms with Crippen molar-refractivity contribution in [1.82, 2.24) is 15.4 Å². The van der Waals surface area contributed by atoms with Crippen LogP contribution >= 0.6 is 0 Å². The van der Waals surface area contributed by atoms with E-state index in [1.807, 2.05) is 61.5 Å². The molecule has 3 aromatic rings. The van der Waals surface area contributed by atoms with E-state index in [1.165, 1.54) is 7.11 Å². The summed E-state index contributed by atoms with van der Waals surface area (Å²) in [7, 11) is 1.48. The fraction of sp³-hybridized carbons (Fsp3) is 0.261. The number of aromatic nitrogens is 1. The zero-order valence-electron chi connectivity index (χ0n) is 17.1. The first-order valence-corrected chi connectivity index (χ1v) is 9.65. The number of methoxy groups -OCH3 is 1. The van der Waals surface area contributed by atoms with E-state index in [0.29, 0.717) is 18.8 Å². The van der Waals surface area contributed by atoms with Crippen LogP contribution in [0.2, 0.25) is 0 Å². The average Bonchev–Trinajstić information content (AvgIpc) is 3.22. The molecule has 156 valence electrons. The smallest absolute Gasteiger partial charge is 0.273 e. The van der Waals surface area contributed by atoms with Gasteiger partial charge in [0.25, 0.3) is 5.91 Å². The molecule has 2 amide bonds. The number of rotatable bonds is 9. The van der Waals surface area contributed by atoms with Gasteiger partial charge in [-0.2, -0.15) is 0 Å². The lowest BCUT2D eigenvalue weighted by Gasteiger charge is -2.21. The number of aryl methyl sites for hydroxylation is 1. The van der Waals surface area contributed by atoms with Crippen LogP contribution < -0.4 is 5.32 Å². The van der Waals surface area contributed by atoms with Crippen molar-refractivity contribution >= 4 is 11.8 Å². The SMILES string of the molecule is COCC(=O)N(Cc1ccccc1)Cc1cc(C(=O)NCc2ccc(C)cc2)no1. The minimum Gasteiger partial charge on any atom is -0.375 e. The van der Waals surface area contributed by atoms with Gasteiger partial charge in [-0.15, -0.1) is 0 Å². The van der Waals surface area contributed by atoms with Gasteiger partial charge in [-0.05, 0) is 18.1 Å². The van der Waals surface area contributed by atoms with Crippen LogP contribution in [0.1, 0.15) is 32.9 Å². The van der Waals surface area contributed by atoms with E-state index >= 15 is 0 Å². The number of nitrogens with zero attached hydrogens (tertiary/aromatic N) is 2. The van der Waals surface area contributed by atoms with Gasteiger partial charge in [0.05, 0.1) is 6.54 Å². The van der Waals surface area contributed by atoms with Crippen molar-refractivity contribution < 1.29 is 18.8 Å². The second-order valence-corrected chi connectivity index (χ2v) is 7.02. The molecule has 0 fully saturated rings. The van der Waals surface area contributed by atoms with Crippen LogP contribution in [0.5, 0.6) is 0 Å². The Labute approximate surface area is 175 Å². The summed E-state index contributed by atoms with van der Waals surface area (Å²) in [6, 6.07) is 19.1. The van der Waals surface area contributed by atoms with Crippen molar-refractivity contribution in [2.45, 2.75) is 26.6 Å². The molecule has 0 spiro atoms. The third-order valence-corrected chi connectivity index (χ3v) is 4.55. The normalized spacial score (nSPS) is 10.6. The number of benzene rings is 2. The number of hydrogen-bond donors (Lipinski definition) is 1. The van der Waals surface area contributed by atoms with Gasteiger partial charge in [0, 0.05) is 26.3 Å². The summed E-state index contributed by atoms with van der Waals surface area (Å²) in [6.07, 6.45) is 0. The Morgan fingerprint density at radius 1 is 1.03 bits per heavy atom. The van der Waals surface area contributed by atoms with Crippen molar-refractivity contribution in [3.63, 3.8) is 0 Å². The molecule has 30 heavy (non-hydrogen) atoms. The Balaban J connectivity index is 1.62. The van der Waals surface area contributed by atoms with E-state index in [1.54, 1.807) is 11.0 Å². The molecule has 0 aliphatic rings. The predicted molar refractivity (Wildman–Crippen MR) is 111 cm³/mol. The van der Waals surface area contributed by atoms with Gasteiger partial charge in [0.15, 0.2) is 11.5 Å². The molecule has 2 aromatic carbocycles. The topological polar surface area (TPSA) is 84.7 Å². The van der Waals surface area contributed by atoms with Gasteiger partial charge >= 0.3 is 0 Å². The highest BCUT2D eigenvalue weighted by molar-refractivity contribution is 5.92. The van der Waals surface area contributed by atoms with Gasteiger partial charge in [-0.25, -0.2) is 0 Å². The zero-order valence-corrected chi connectivity index (χ0v) is 17.1. The molecule has 1 heterocycles. The molecule has 0 unspecified atom stereocenters. The largest absolute Gasteiger partial charge is 0.375 e. The maximum absolute atomic E-state index is 12.4. The van der Waals surface area contributed by atoms with Crippen molar-refractivity contribution in [2.24, 2.45) is 0 Å². The lowest BCUT2D eigenvalue weighted by molar-refractivity contribution is -0.136. The molecule has 0 aliphatic carbocycles. The number of carbonyl (C=O) groups excluding carboxylic acids is 2. The molecular formula is C23H25N3O4. The minimum absolute atomic E-state index is 0.0368. The Morgan fingerprint density at radius 3 is 2.47 bits per heavy atom. The molecule has 7 nitrogen and oxygen atoms in total. The van der Waals surface area contributed by atoms with Gasteiger partial charge in [-0.1, -0.05) is 65.3 Å². The van der Waals surface area contributed by atoms with E-state index in [2.05, 4.69) is 10.5 Å². The maximum Gasteiger partial charge on any atom is 0.273 e. The van der Waals surface area contributed by atoms with E-state index in [0.717, 1.165) is 16.7 Å². The second-order valence-electron chi connectivity index (χ2n) is 7.02. The standard InChI is InChI=1S/C23H25N3O4/c1-17-8-10-18(11-9-17)13-24-23(28)21-12-20(30-25-21)15-26(22(27)16-29-2)14-19-6-4-3-5-7-19/h3-12H,13-16H2,1-2H3,(H,24,28). The second kappa shape index (κ2) is 10.4. The predicted octanol–water partition coefficient (Wildman–Crippen LogP) is 3.09. The molecule has 1 aromatic heterocycles. The van der Waals surface area contributed by atoms with Crippen LogP contribution in [0.25, 0.3) is 0 Å². The number of carbonyl (C=O) groups is 2. The molecule has 0 atom stereocenters. The van der Waals surface area contributed by atoms with Crippen molar-refractivity contribution in [3.8, 4) is 0 Å². The quantitative estimate of drug-likeness (QED) is 0.589. The molecule has 0 saturated carbocycles. The fourth-order valence-corrected chi connectivity index (χ4v) is 2.91. The van der Waals surface area contributed by atoms with Gasteiger partial charge < -0.3 is 19.5 Å². The van der Waals surface area contributed by atoms with Crippen molar-refractivity contribution in [1.29, 1.82) is 0 Å². The number of ether oxygens (including phenoxy) is 1. The van der Waals surface area contributed by atoms with Crippen LogP contribution in [0, 0.1) is 6.92 Å². The first-order chi connectivity index (χ1) is 14.5. The van der Waals surface area contributed by atoms with Crippen molar-refractivity contribution in [2.75, 3.05) is 13.7 Å². The summed E-state index contributed by atoms with van der Waals surface area (Å²) in [4.78, 5) is 26.4. The molecule has 0 saturated heterocycles. The highest BCUT2D eigenvalue weighted by Crippen LogP contribution is 2.12. The molecule has 7 heteroatoms. The van der Waals surface area contributed by atoms with Crippen LogP contribution in [0.15, 0.2) is 65.2 Å². The third-order valence-electron chi connectivity index (χ3n) is 4.55. The Morgan fingerprint density at radius 2 is 1.77 bits per heavy atom. The molecule has 0 bridgehead atoms. The summed E-state index contributed by atoms with van der Waals surface area (Å²) in [5, 5.41) is 6.67. The first kappa shape index (κ1) is 21.3. The van der Waals surface area contributed by atoms with E-state index in [9.17, 15) is 9.59 Å². The van der Waals surface area contributed by atoms with Crippen molar-refractivity contribution in [3.05, 3.63) is 88.8 Å². The van der Waals surface area contributed by atoms with Crippen LogP contribution in [0.3, 0.4) is 0 Å². The highest BCUT2D eigenvalue weighted by Gasteiger charge is 2.19. The Bertz CT molecular complexity index is 968. The third kappa shape index (κ3) is 6.02. The van der Waals surface area contributed by atoms with E-state index in [-0.39, 0.29) is 30.7 Å². The highest BCUT2D eigenvalue weighted by atomic mass is 16.5. The lowest BCUT2D eigenvalue weighted by atomic mass is 10.1. The van der Waals surface area contributed by atoms with Gasteiger partial charge in [-0.3, -0.25) is 9.59 Å². The molecule has 0 radical (unpaired) electrons. The summed E-state index contributed by atoms with van der Waals surface area (Å²) < 4.78 is 10.3. The van der Waals surface area contributed by atoms with Gasteiger partial charge in [0.2, 0.25) is 5.91 Å². The number of hydrogen-bond acceptors (Lipinski definition) is 5. The monoisotopic (exact) mass is 407 g/mol. The molecular weight excluding hydrogens is 382 g/mol. The van der Waals surface area contributed by atoms with Crippen LogP contribution in [-0.4, -0.2) is 35.6 Å². The number of amides is 2. The molecule has 1 N–H and O–H groups in total. The molecule has 3 rings (SSSR count). The van der Waals surface area contributed by atoms with Crippen LogP contribution in [0.4, 0.5) is 0 Å². The Kier molecular flexibility index (Phi) is 7.34. The maximum atomic E-state index is 12.4. The van der Waals surface area contributed by atoms with E-state index < -0.39 is 0 Å². The minimum atomic E-state index is -0.330. The van der Waals surface area contributed by atoms with E-state index in [4.69, 9.17) is 9.26 Å². The lowest BCUT2D eigenvalue weighted by Crippen LogP contribution is -2.32. The molecule has 0 aliphatic heterocycles. The fourth-order valence-electron chi connectivity index (χ4n) is 2.91. The average molecular weight is 407 g/mol. The zero-order chi connectivity index (χ0) is 21.3. The summed E-state index contributed by atoms with van der Waals surface area (Å²) >= 11 is 0. The summed E-state index contributed by atoms with van der Waals surface area (Å²) in [5.41, 5.74) is 3.32. The summed E-state index contributed by atoms with van der Waals surface area (Å²) in [5.74, 6) is -0.0811. The van der Waals surface area contributed by atoms with Crippen LogP contribution in [-0.2, 0) is 29.2 Å². The summed E-state index contributed by atoms with van der Waals surface area (Å²) in [6.45, 7) is 2.96. The van der Waals surface area contributed by atoms with Gasteiger partial charge in [0.1, 0.15) is 6.61 Å². The number of nitrogens with one attached hydrogen (secondary N) is 1. The first-order valence-electron chi connectivity index (χ1n) is 9.65.